The number of nitrogens with zero attached hydrogens (tertiary/aromatic N) is 2. The molecule has 0 saturated carbocycles. The van der Waals surface area contributed by atoms with Gasteiger partial charge in [-0.1, -0.05) is 13.8 Å². The van der Waals surface area contributed by atoms with Crippen LogP contribution in [0, 0.1) is 0 Å². The van der Waals surface area contributed by atoms with Crippen LogP contribution >= 0.6 is 0 Å². The van der Waals surface area contributed by atoms with Crippen molar-refractivity contribution in [2.24, 2.45) is 0 Å². The lowest BCUT2D eigenvalue weighted by Gasteiger charge is -2.26. The summed E-state index contributed by atoms with van der Waals surface area (Å²) in [6.45, 7) is 4.17. The molecule has 7 nitrogen and oxygen atoms in total. The molecule has 20 heavy (non-hydrogen) atoms. The van der Waals surface area contributed by atoms with Gasteiger partial charge in [-0.15, -0.1) is 0 Å². The average molecular weight is 287 g/mol. The van der Waals surface area contributed by atoms with E-state index >= 15 is 0 Å². The summed E-state index contributed by atoms with van der Waals surface area (Å²) in [6.07, 6.45) is 1.13. The zero-order chi connectivity index (χ0) is 15.7. The van der Waals surface area contributed by atoms with Crippen LogP contribution in [0.3, 0.4) is 0 Å². The Bertz CT molecular complexity index is 345. The van der Waals surface area contributed by atoms with Crippen LogP contribution in [0.1, 0.15) is 33.1 Å². The van der Waals surface area contributed by atoms with Crippen LogP contribution in [0.5, 0.6) is 0 Å². The number of rotatable bonds is 8. The number of nitrogens with one attached hydrogen (secondary N) is 1. The van der Waals surface area contributed by atoms with Crippen LogP contribution in [-0.4, -0.2) is 66.0 Å². The molecule has 0 spiro atoms. The van der Waals surface area contributed by atoms with Crippen molar-refractivity contribution in [1.29, 1.82) is 0 Å². The number of urea groups is 1. The second-order valence-electron chi connectivity index (χ2n) is 4.86. The number of likely N-dealkylation sites (N-methyl/N-ethyl adjacent to an activating group) is 1. The summed E-state index contributed by atoms with van der Waals surface area (Å²) in [5, 5.41) is 11.4. The quantitative estimate of drug-likeness (QED) is 0.689. The van der Waals surface area contributed by atoms with Gasteiger partial charge < -0.3 is 20.2 Å². The topological polar surface area (TPSA) is 90.0 Å². The van der Waals surface area contributed by atoms with Gasteiger partial charge in [-0.25, -0.2) is 4.79 Å². The SMILES string of the molecule is CCCN(CC(=O)N(C)C)C(=O)NC(CC)CC(=O)O. The standard InChI is InChI=1S/C13H25N3O4/c1-5-7-16(9-11(17)15(3)4)13(20)14-10(6-2)8-12(18)19/h10H,5-9H2,1-4H3,(H,14,20)(H,18,19). The maximum Gasteiger partial charge on any atom is 0.318 e. The van der Waals surface area contributed by atoms with E-state index in [0.717, 1.165) is 6.42 Å². The Morgan fingerprint density at radius 2 is 1.80 bits per heavy atom. The monoisotopic (exact) mass is 287 g/mol. The number of amides is 3. The molecule has 0 aliphatic carbocycles. The molecule has 0 heterocycles. The maximum absolute atomic E-state index is 12.1. The fourth-order valence-corrected chi connectivity index (χ4v) is 1.60. The highest BCUT2D eigenvalue weighted by atomic mass is 16.4. The first-order chi connectivity index (χ1) is 9.31. The summed E-state index contributed by atoms with van der Waals surface area (Å²) < 4.78 is 0. The fraction of sp³-hybridized carbons (Fsp3) is 0.769. The molecule has 0 fully saturated rings. The molecular formula is C13H25N3O4. The minimum absolute atomic E-state index is 0.00379. The molecule has 0 rings (SSSR count). The molecule has 2 N–H and O–H groups in total. The number of carbonyl (C=O) groups excluding carboxylic acids is 2. The molecule has 1 atom stereocenters. The lowest BCUT2D eigenvalue weighted by atomic mass is 10.1. The number of hydrogen-bond donors (Lipinski definition) is 2. The molecule has 0 aromatic rings. The number of carbonyl (C=O) groups is 3. The number of aliphatic carboxylic acids is 1. The Morgan fingerprint density at radius 1 is 1.20 bits per heavy atom. The normalized spacial score (nSPS) is 11.6. The van der Waals surface area contributed by atoms with E-state index < -0.39 is 18.0 Å². The Labute approximate surface area is 119 Å². The molecular weight excluding hydrogens is 262 g/mol. The van der Waals surface area contributed by atoms with E-state index in [1.807, 2.05) is 13.8 Å². The molecule has 0 aromatic carbocycles. The first-order valence-electron chi connectivity index (χ1n) is 6.79. The molecule has 0 bridgehead atoms. The van der Waals surface area contributed by atoms with Crippen molar-refractivity contribution in [3.63, 3.8) is 0 Å². The average Bonchev–Trinajstić information content (AvgIpc) is 2.36. The van der Waals surface area contributed by atoms with E-state index in [4.69, 9.17) is 5.11 Å². The number of carboxylic acids is 1. The highest BCUT2D eigenvalue weighted by Crippen LogP contribution is 2.01. The largest absolute Gasteiger partial charge is 0.481 e. The second-order valence-corrected chi connectivity index (χ2v) is 4.86. The van der Waals surface area contributed by atoms with Crippen LogP contribution in [-0.2, 0) is 9.59 Å². The van der Waals surface area contributed by atoms with E-state index in [2.05, 4.69) is 5.32 Å². The van der Waals surface area contributed by atoms with Crippen LogP contribution in [0.2, 0.25) is 0 Å². The first kappa shape index (κ1) is 18.2. The van der Waals surface area contributed by atoms with E-state index in [0.29, 0.717) is 13.0 Å². The third kappa shape index (κ3) is 6.96. The Kier molecular flexibility index (Phi) is 8.35. The number of carboxylic acid groups (broad SMARTS) is 1. The summed E-state index contributed by atoms with van der Waals surface area (Å²) in [5.74, 6) is -1.12. The van der Waals surface area contributed by atoms with Gasteiger partial charge in [0.2, 0.25) is 5.91 Å². The second kappa shape index (κ2) is 9.17. The lowest BCUT2D eigenvalue weighted by Crippen LogP contribution is -2.48. The highest BCUT2D eigenvalue weighted by molar-refractivity contribution is 5.84. The summed E-state index contributed by atoms with van der Waals surface area (Å²) in [5.41, 5.74) is 0. The smallest absolute Gasteiger partial charge is 0.318 e. The Hall–Kier alpha value is -1.79. The highest BCUT2D eigenvalue weighted by Gasteiger charge is 2.21. The van der Waals surface area contributed by atoms with E-state index in [1.54, 1.807) is 14.1 Å². The van der Waals surface area contributed by atoms with Gasteiger partial charge in [0.25, 0.3) is 0 Å². The molecule has 0 aromatic heterocycles. The van der Waals surface area contributed by atoms with Crippen LogP contribution in [0.4, 0.5) is 4.79 Å². The minimum atomic E-state index is -0.955. The minimum Gasteiger partial charge on any atom is -0.481 e. The van der Waals surface area contributed by atoms with E-state index in [1.165, 1.54) is 9.80 Å². The molecule has 0 radical (unpaired) electrons. The van der Waals surface area contributed by atoms with Crippen LogP contribution in [0.25, 0.3) is 0 Å². The van der Waals surface area contributed by atoms with E-state index in [-0.39, 0.29) is 18.9 Å². The Balaban J connectivity index is 4.62. The van der Waals surface area contributed by atoms with Gasteiger partial charge in [0.05, 0.1) is 6.42 Å². The predicted octanol–water partition coefficient (Wildman–Crippen LogP) is 0.750. The third-order valence-electron chi connectivity index (χ3n) is 2.85. The Morgan fingerprint density at radius 3 is 2.20 bits per heavy atom. The third-order valence-corrected chi connectivity index (χ3v) is 2.85. The molecule has 0 aliphatic heterocycles. The van der Waals surface area contributed by atoms with Gasteiger partial charge in [0, 0.05) is 26.7 Å². The molecule has 0 aliphatic rings. The van der Waals surface area contributed by atoms with Crippen molar-refractivity contribution in [2.45, 2.75) is 39.2 Å². The zero-order valence-corrected chi connectivity index (χ0v) is 12.7. The van der Waals surface area contributed by atoms with Crippen molar-refractivity contribution in [2.75, 3.05) is 27.2 Å². The van der Waals surface area contributed by atoms with Crippen molar-refractivity contribution < 1.29 is 19.5 Å². The van der Waals surface area contributed by atoms with Crippen molar-refractivity contribution >= 4 is 17.9 Å². The van der Waals surface area contributed by atoms with Gasteiger partial charge >= 0.3 is 12.0 Å². The summed E-state index contributed by atoms with van der Waals surface area (Å²) >= 11 is 0. The molecule has 3 amide bonds. The van der Waals surface area contributed by atoms with E-state index in [9.17, 15) is 14.4 Å². The summed E-state index contributed by atoms with van der Waals surface area (Å²) in [4.78, 5) is 37.3. The zero-order valence-electron chi connectivity index (χ0n) is 12.7. The van der Waals surface area contributed by atoms with Gasteiger partial charge in [0.15, 0.2) is 0 Å². The predicted molar refractivity (Wildman–Crippen MR) is 75.4 cm³/mol. The van der Waals surface area contributed by atoms with Crippen molar-refractivity contribution in [3.05, 3.63) is 0 Å². The number of hydrogen-bond acceptors (Lipinski definition) is 3. The van der Waals surface area contributed by atoms with Gasteiger partial charge in [-0.2, -0.15) is 0 Å². The first-order valence-corrected chi connectivity index (χ1v) is 6.79. The molecule has 1 unspecified atom stereocenters. The van der Waals surface area contributed by atoms with Crippen LogP contribution in [0.15, 0.2) is 0 Å². The van der Waals surface area contributed by atoms with Crippen LogP contribution < -0.4 is 5.32 Å². The molecule has 7 heteroatoms. The van der Waals surface area contributed by atoms with Gasteiger partial charge in [-0.05, 0) is 12.8 Å². The lowest BCUT2D eigenvalue weighted by molar-refractivity contribution is -0.137. The summed E-state index contributed by atoms with van der Waals surface area (Å²) in [6, 6.07) is -0.816. The summed E-state index contributed by atoms with van der Waals surface area (Å²) in [7, 11) is 3.26. The van der Waals surface area contributed by atoms with Crippen molar-refractivity contribution in [3.8, 4) is 0 Å². The fourth-order valence-electron chi connectivity index (χ4n) is 1.60. The van der Waals surface area contributed by atoms with Crippen molar-refractivity contribution in [1.82, 2.24) is 15.1 Å². The molecule has 116 valence electrons. The maximum atomic E-state index is 12.1. The molecule has 0 saturated heterocycles. The van der Waals surface area contributed by atoms with Gasteiger partial charge in [-0.3, -0.25) is 9.59 Å². The van der Waals surface area contributed by atoms with Gasteiger partial charge in [0.1, 0.15) is 6.54 Å².